The second-order valence-electron chi connectivity index (χ2n) is 5.88. The van der Waals surface area contributed by atoms with Crippen LogP contribution in [0.5, 0.6) is 0 Å². The van der Waals surface area contributed by atoms with Crippen LogP contribution >= 0.6 is 23.2 Å². The predicted octanol–water partition coefficient (Wildman–Crippen LogP) is 3.94. The first-order valence-corrected chi connectivity index (χ1v) is 8.90. The molecule has 0 unspecified atom stereocenters. The number of hydrogen-bond donors (Lipinski definition) is 1. The third kappa shape index (κ3) is 3.45. The molecule has 8 heteroatoms. The van der Waals surface area contributed by atoms with E-state index in [1.165, 1.54) is 0 Å². The van der Waals surface area contributed by atoms with E-state index in [2.05, 4.69) is 30.2 Å². The Balaban J connectivity index is 1.70. The van der Waals surface area contributed by atoms with Gasteiger partial charge in [0, 0.05) is 19.6 Å². The number of halogens is 2. The normalized spacial score (nSPS) is 14.2. The molecule has 0 saturated carbocycles. The highest BCUT2D eigenvalue weighted by Gasteiger charge is 2.20. The summed E-state index contributed by atoms with van der Waals surface area (Å²) in [4.78, 5) is 19.7. The lowest BCUT2D eigenvalue weighted by molar-refractivity contribution is 0.932. The Labute approximate surface area is 155 Å². The van der Waals surface area contributed by atoms with Crippen LogP contribution in [-0.2, 0) is 6.54 Å². The van der Waals surface area contributed by atoms with Gasteiger partial charge in [0.2, 0.25) is 5.28 Å². The average Bonchev–Trinajstić information content (AvgIpc) is 3.15. The molecule has 1 aromatic carbocycles. The second kappa shape index (κ2) is 6.98. The first-order chi connectivity index (χ1) is 12.2. The summed E-state index contributed by atoms with van der Waals surface area (Å²) in [5, 5.41) is 3.75. The van der Waals surface area contributed by atoms with E-state index in [0.717, 1.165) is 31.5 Å². The van der Waals surface area contributed by atoms with Crippen molar-refractivity contribution in [3.8, 4) is 0 Å². The standard InChI is InChI=1S/C17H16Cl2N6/c18-13-16(25-8-4-5-9-25)22-15-12(21-13)14(23-17(19)24-15)20-10-11-6-2-1-3-7-11/h1-3,6-7H,4-5,8-10H2,(H,20,22,23,24). The number of rotatable bonds is 4. The molecular formula is C17H16Cl2N6. The third-order valence-electron chi connectivity index (χ3n) is 4.15. The van der Waals surface area contributed by atoms with E-state index in [0.29, 0.717) is 34.5 Å². The Kier molecular flexibility index (Phi) is 4.55. The van der Waals surface area contributed by atoms with E-state index in [1.54, 1.807) is 0 Å². The molecule has 0 spiro atoms. The van der Waals surface area contributed by atoms with Crippen molar-refractivity contribution in [2.75, 3.05) is 23.3 Å². The zero-order chi connectivity index (χ0) is 17.2. The summed E-state index contributed by atoms with van der Waals surface area (Å²) in [7, 11) is 0. The van der Waals surface area contributed by atoms with Crippen molar-refractivity contribution in [3.63, 3.8) is 0 Å². The maximum Gasteiger partial charge on any atom is 0.226 e. The first kappa shape index (κ1) is 16.3. The molecule has 128 valence electrons. The highest BCUT2D eigenvalue weighted by molar-refractivity contribution is 6.32. The minimum atomic E-state index is 0.132. The van der Waals surface area contributed by atoms with Crippen molar-refractivity contribution < 1.29 is 0 Å². The molecule has 25 heavy (non-hydrogen) atoms. The molecule has 3 heterocycles. The maximum atomic E-state index is 6.38. The lowest BCUT2D eigenvalue weighted by atomic mass is 10.2. The fourth-order valence-corrected chi connectivity index (χ4v) is 3.34. The van der Waals surface area contributed by atoms with Crippen LogP contribution in [0.4, 0.5) is 11.6 Å². The van der Waals surface area contributed by atoms with Gasteiger partial charge in [-0.1, -0.05) is 41.9 Å². The van der Waals surface area contributed by atoms with Crippen LogP contribution in [0.1, 0.15) is 18.4 Å². The number of benzene rings is 1. The van der Waals surface area contributed by atoms with E-state index in [9.17, 15) is 0 Å². The van der Waals surface area contributed by atoms with Gasteiger partial charge in [0.15, 0.2) is 28.0 Å². The fraction of sp³-hybridized carbons (Fsp3) is 0.294. The zero-order valence-corrected chi connectivity index (χ0v) is 14.9. The molecule has 0 radical (unpaired) electrons. The molecule has 1 aliphatic heterocycles. The van der Waals surface area contributed by atoms with E-state index >= 15 is 0 Å². The smallest absolute Gasteiger partial charge is 0.226 e. The number of nitrogens with one attached hydrogen (secondary N) is 1. The maximum absolute atomic E-state index is 6.38. The molecule has 1 fully saturated rings. The van der Waals surface area contributed by atoms with Crippen LogP contribution in [0.25, 0.3) is 11.2 Å². The number of fused-ring (bicyclic) bond motifs is 1. The van der Waals surface area contributed by atoms with Gasteiger partial charge >= 0.3 is 0 Å². The van der Waals surface area contributed by atoms with Crippen molar-refractivity contribution in [2.24, 2.45) is 0 Å². The van der Waals surface area contributed by atoms with E-state index in [1.807, 2.05) is 30.3 Å². The van der Waals surface area contributed by atoms with Crippen LogP contribution in [0.3, 0.4) is 0 Å². The number of nitrogens with zero attached hydrogens (tertiary/aromatic N) is 5. The number of hydrogen-bond acceptors (Lipinski definition) is 6. The molecule has 1 aliphatic rings. The van der Waals surface area contributed by atoms with Crippen LogP contribution in [0, 0.1) is 0 Å². The topological polar surface area (TPSA) is 66.8 Å². The van der Waals surface area contributed by atoms with Gasteiger partial charge in [0.1, 0.15) is 0 Å². The molecule has 0 bridgehead atoms. The van der Waals surface area contributed by atoms with Gasteiger partial charge < -0.3 is 10.2 Å². The van der Waals surface area contributed by atoms with Gasteiger partial charge in [0.25, 0.3) is 0 Å². The predicted molar refractivity (Wildman–Crippen MR) is 100 cm³/mol. The summed E-state index contributed by atoms with van der Waals surface area (Å²) in [6.07, 6.45) is 2.26. The Morgan fingerprint density at radius 3 is 2.48 bits per heavy atom. The van der Waals surface area contributed by atoms with E-state index in [4.69, 9.17) is 23.2 Å². The van der Waals surface area contributed by atoms with Gasteiger partial charge in [-0.05, 0) is 30.0 Å². The summed E-state index contributed by atoms with van der Waals surface area (Å²) >= 11 is 12.5. The number of aromatic nitrogens is 4. The summed E-state index contributed by atoms with van der Waals surface area (Å²) in [6, 6.07) is 10.0. The van der Waals surface area contributed by atoms with Crippen molar-refractivity contribution >= 4 is 46.0 Å². The fourth-order valence-electron chi connectivity index (χ4n) is 2.93. The van der Waals surface area contributed by atoms with Gasteiger partial charge in [-0.15, -0.1) is 0 Å². The minimum Gasteiger partial charge on any atom is -0.364 e. The Morgan fingerprint density at radius 1 is 0.960 bits per heavy atom. The highest BCUT2D eigenvalue weighted by Crippen LogP contribution is 2.29. The lowest BCUT2D eigenvalue weighted by Gasteiger charge is -2.18. The van der Waals surface area contributed by atoms with Crippen molar-refractivity contribution in [1.29, 1.82) is 0 Å². The molecule has 3 aromatic rings. The zero-order valence-electron chi connectivity index (χ0n) is 13.4. The Hall–Kier alpha value is -2.18. The van der Waals surface area contributed by atoms with Crippen molar-refractivity contribution in [2.45, 2.75) is 19.4 Å². The Morgan fingerprint density at radius 2 is 1.72 bits per heavy atom. The molecule has 4 rings (SSSR count). The first-order valence-electron chi connectivity index (χ1n) is 8.14. The highest BCUT2D eigenvalue weighted by atomic mass is 35.5. The van der Waals surface area contributed by atoms with E-state index in [-0.39, 0.29) is 5.28 Å². The third-order valence-corrected chi connectivity index (χ3v) is 4.58. The minimum absolute atomic E-state index is 0.132. The molecule has 0 aliphatic carbocycles. The quantitative estimate of drug-likeness (QED) is 0.697. The molecular weight excluding hydrogens is 359 g/mol. The lowest BCUT2D eigenvalue weighted by Crippen LogP contribution is -2.20. The van der Waals surface area contributed by atoms with Gasteiger partial charge in [-0.25, -0.2) is 9.97 Å². The monoisotopic (exact) mass is 374 g/mol. The largest absolute Gasteiger partial charge is 0.364 e. The van der Waals surface area contributed by atoms with Crippen LogP contribution in [0.15, 0.2) is 30.3 Å². The van der Waals surface area contributed by atoms with Crippen molar-refractivity contribution in [3.05, 3.63) is 46.3 Å². The molecule has 1 saturated heterocycles. The second-order valence-corrected chi connectivity index (χ2v) is 6.58. The Bertz CT molecular complexity index is 897. The SMILES string of the molecule is Clc1nc(NCc2ccccc2)c2nc(Cl)c(N3CCCC3)nc2n1. The summed E-state index contributed by atoms with van der Waals surface area (Å²) in [5.74, 6) is 1.19. The van der Waals surface area contributed by atoms with E-state index < -0.39 is 0 Å². The molecule has 1 N–H and O–H groups in total. The molecule has 2 aromatic heterocycles. The molecule has 0 amide bonds. The van der Waals surface area contributed by atoms with Crippen LogP contribution in [0.2, 0.25) is 10.4 Å². The van der Waals surface area contributed by atoms with Gasteiger partial charge in [0.05, 0.1) is 0 Å². The average molecular weight is 375 g/mol. The molecule has 6 nitrogen and oxygen atoms in total. The van der Waals surface area contributed by atoms with Gasteiger partial charge in [-0.2, -0.15) is 9.97 Å². The van der Waals surface area contributed by atoms with Crippen LogP contribution in [-0.4, -0.2) is 33.0 Å². The molecule has 0 atom stereocenters. The van der Waals surface area contributed by atoms with Crippen molar-refractivity contribution in [1.82, 2.24) is 19.9 Å². The summed E-state index contributed by atoms with van der Waals surface area (Å²) in [6.45, 7) is 2.45. The summed E-state index contributed by atoms with van der Waals surface area (Å²) < 4.78 is 0. The summed E-state index contributed by atoms with van der Waals surface area (Å²) in [5.41, 5.74) is 2.09. The van der Waals surface area contributed by atoms with Crippen LogP contribution < -0.4 is 10.2 Å². The number of anilines is 2. The van der Waals surface area contributed by atoms with Gasteiger partial charge in [-0.3, -0.25) is 0 Å².